The molecule has 1 aliphatic rings. The van der Waals surface area contributed by atoms with Gasteiger partial charge < -0.3 is 9.29 Å². The van der Waals surface area contributed by atoms with Gasteiger partial charge in [-0.25, -0.2) is 9.00 Å². The van der Waals surface area contributed by atoms with E-state index in [-0.39, 0.29) is 24.6 Å². The van der Waals surface area contributed by atoms with Crippen LogP contribution in [0.25, 0.3) is 0 Å². The average molecular weight is 323 g/mol. The van der Waals surface area contributed by atoms with Crippen LogP contribution in [0.1, 0.15) is 25.8 Å². The number of carbonyl (C=O) groups is 2. The number of ether oxygens (including phenoxy) is 1. The summed E-state index contributed by atoms with van der Waals surface area (Å²) in [6, 6.07) is 9.14. The molecule has 0 bridgehead atoms. The smallest absolute Gasteiger partial charge is 0.355 e. The van der Waals surface area contributed by atoms with E-state index in [4.69, 9.17) is 4.74 Å². The number of likely N-dealkylation sites (tertiary alicyclic amines) is 1. The van der Waals surface area contributed by atoms with Crippen LogP contribution in [0.3, 0.4) is 0 Å². The van der Waals surface area contributed by atoms with E-state index in [1.807, 2.05) is 30.3 Å². The number of amides is 1. The van der Waals surface area contributed by atoms with Crippen molar-refractivity contribution >= 4 is 23.0 Å². The quantitative estimate of drug-likeness (QED) is 0.387. The minimum absolute atomic E-state index is 0.0413. The molecule has 6 nitrogen and oxygen atoms in total. The number of nitrogens with zero attached hydrogens (tertiary/aromatic N) is 1. The van der Waals surface area contributed by atoms with Gasteiger partial charge in [-0.2, -0.15) is 0 Å². The molecule has 2 rings (SSSR count). The predicted molar refractivity (Wildman–Crippen MR) is 80.6 cm³/mol. The third kappa shape index (κ3) is 3.42. The number of carbonyl (C=O) groups excluding carboxylic acids is 2. The van der Waals surface area contributed by atoms with Crippen LogP contribution in [0.5, 0.6) is 0 Å². The van der Waals surface area contributed by atoms with Crippen LogP contribution in [0, 0.1) is 0 Å². The molecule has 1 unspecified atom stereocenters. The summed E-state index contributed by atoms with van der Waals surface area (Å²) in [5.41, 5.74) is 1.42. The van der Waals surface area contributed by atoms with Crippen molar-refractivity contribution in [2.75, 3.05) is 0 Å². The molecule has 118 valence electrons. The van der Waals surface area contributed by atoms with Crippen LogP contribution in [-0.2, 0) is 32.0 Å². The van der Waals surface area contributed by atoms with Crippen LogP contribution in [-0.4, -0.2) is 30.9 Å². The molecule has 1 aliphatic heterocycles. The normalized spacial score (nSPS) is 18.4. The van der Waals surface area contributed by atoms with E-state index in [0.717, 1.165) is 10.5 Å². The first-order valence-electron chi connectivity index (χ1n) is 6.72. The number of esters is 1. The first-order chi connectivity index (χ1) is 10.4. The first-order valence-corrected chi connectivity index (χ1v) is 7.89. The molecular formula is C15H17NO5S. The lowest BCUT2D eigenvalue weighted by Gasteiger charge is -2.38. The Kier molecular flexibility index (Phi) is 5.10. The second kappa shape index (κ2) is 6.85. The van der Waals surface area contributed by atoms with Crippen molar-refractivity contribution in [3.05, 3.63) is 47.2 Å². The van der Waals surface area contributed by atoms with Gasteiger partial charge in [0.05, 0.1) is 6.42 Å². The van der Waals surface area contributed by atoms with E-state index < -0.39 is 22.4 Å². The predicted octanol–water partition coefficient (Wildman–Crippen LogP) is 1.80. The second-order valence-electron chi connectivity index (χ2n) is 5.11. The zero-order valence-electron chi connectivity index (χ0n) is 12.3. The Labute approximate surface area is 131 Å². The zero-order chi connectivity index (χ0) is 16.3. The highest BCUT2D eigenvalue weighted by molar-refractivity contribution is 7.80. The molecule has 2 atom stereocenters. The molecule has 0 aromatic heterocycles. The average Bonchev–Trinajstić information content (AvgIpc) is 2.48. The topological polar surface area (TPSA) is 83.9 Å². The Morgan fingerprint density at radius 3 is 2.50 bits per heavy atom. The highest BCUT2D eigenvalue weighted by Gasteiger charge is 2.45. The Morgan fingerprint density at radius 1 is 1.36 bits per heavy atom. The van der Waals surface area contributed by atoms with Crippen molar-refractivity contribution in [1.29, 1.82) is 0 Å². The minimum Gasteiger partial charge on any atom is -0.456 e. The molecule has 22 heavy (non-hydrogen) atoms. The van der Waals surface area contributed by atoms with Crippen molar-refractivity contribution in [3.63, 3.8) is 0 Å². The van der Waals surface area contributed by atoms with E-state index in [2.05, 4.69) is 0 Å². The third-order valence-corrected chi connectivity index (χ3v) is 4.10. The molecule has 1 aromatic rings. The molecule has 0 radical (unpaired) electrons. The molecule has 1 N–H and O–H groups in total. The molecule has 0 aliphatic carbocycles. The summed E-state index contributed by atoms with van der Waals surface area (Å²) in [6.45, 7) is 3.38. The van der Waals surface area contributed by atoms with E-state index >= 15 is 0 Å². The maximum Gasteiger partial charge on any atom is 0.355 e. The molecule has 1 aromatic carbocycles. The fourth-order valence-electron chi connectivity index (χ4n) is 2.15. The largest absolute Gasteiger partial charge is 0.456 e. The van der Waals surface area contributed by atoms with E-state index in [0.29, 0.717) is 5.57 Å². The lowest BCUT2D eigenvalue weighted by molar-refractivity contribution is -0.150. The van der Waals surface area contributed by atoms with Crippen LogP contribution in [0.15, 0.2) is 41.6 Å². The van der Waals surface area contributed by atoms with Gasteiger partial charge in [-0.05, 0) is 25.0 Å². The van der Waals surface area contributed by atoms with Gasteiger partial charge in [-0.1, -0.05) is 30.3 Å². The number of benzene rings is 1. The summed E-state index contributed by atoms with van der Waals surface area (Å²) < 4.78 is 25.6. The van der Waals surface area contributed by atoms with Crippen molar-refractivity contribution in [3.8, 4) is 0 Å². The van der Waals surface area contributed by atoms with E-state index in [1.165, 1.54) is 0 Å². The summed E-state index contributed by atoms with van der Waals surface area (Å²) in [5, 5.41) is -0.887. The van der Waals surface area contributed by atoms with Crippen molar-refractivity contribution < 1.29 is 23.1 Å². The zero-order valence-corrected chi connectivity index (χ0v) is 13.1. The Balaban J connectivity index is 2.12. The SMILES string of the molecule is CC(C)=C(C(=O)OCc1ccccc1)N1C(=O)C[C@H]1S(=O)O. The van der Waals surface area contributed by atoms with Gasteiger partial charge in [0, 0.05) is 0 Å². The van der Waals surface area contributed by atoms with Crippen LogP contribution < -0.4 is 0 Å². The molecule has 0 spiro atoms. The summed E-state index contributed by atoms with van der Waals surface area (Å²) in [5.74, 6) is -1.03. The van der Waals surface area contributed by atoms with Gasteiger partial charge in [0.15, 0.2) is 11.1 Å². The molecule has 1 heterocycles. The van der Waals surface area contributed by atoms with Gasteiger partial charge in [0.1, 0.15) is 17.7 Å². The van der Waals surface area contributed by atoms with Crippen LogP contribution in [0.2, 0.25) is 0 Å². The molecular weight excluding hydrogens is 306 g/mol. The standard InChI is InChI=1S/C15H17NO5S/c1-10(2)14(16-12(17)8-13(16)22(19)20)15(18)21-9-11-6-4-3-5-7-11/h3-7,13H,8-9H2,1-2H3,(H,19,20)/t13-/m1/s1. The fraction of sp³-hybridized carbons (Fsp3) is 0.333. The summed E-state index contributed by atoms with van der Waals surface area (Å²) in [6.07, 6.45) is -0.0497. The highest BCUT2D eigenvalue weighted by atomic mass is 32.2. The summed E-state index contributed by atoms with van der Waals surface area (Å²) >= 11 is -2.20. The molecule has 1 saturated heterocycles. The lowest BCUT2D eigenvalue weighted by atomic mass is 10.1. The van der Waals surface area contributed by atoms with Crippen molar-refractivity contribution in [2.45, 2.75) is 32.2 Å². The Morgan fingerprint density at radius 2 is 2.00 bits per heavy atom. The fourth-order valence-corrected chi connectivity index (χ4v) is 2.84. The van der Waals surface area contributed by atoms with E-state index in [1.54, 1.807) is 13.8 Å². The van der Waals surface area contributed by atoms with Crippen LogP contribution >= 0.6 is 0 Å². The van der Waals surface area contributed by atoms with Gasteiger partial charge in [-0.15, -0.1) is 0 Å². The number of hydrogen-bond donors (Lipinski definition) is 1. The number of β-lactam (4-membered cyclic amide) rings is 1. The first kappa shape index (κ1) is 16.4. The van der Waals surface area contributed by atoms with E-state index in [9.17, 15) is 18.4 Å². The van der Waals surface area contributed by atoms with Gasteiger partial charge in [0.25, 0.3) is 0 Å². The third-order valence-electron chi connectivity index (χ3n) is 3.26. The Bertz CT molecular complexity index is 637. The monoisotopic (exact) mass is 323 g/mol. The van der Waals surface area contributed by atoms with Crippen LogP contribution in [0.4, 0.5) is 0 Å². The summed E-state index contributed by atoms with van der Waals surface area (Å²) in [4.78, 5) is 25.0. The molecule has 7 heteroatoms. The van der Waals surface area contributed by atoms with Crippen molar-refractivity contribution in [2.24, 2.45) is 0 Å². The van der Waals surface area contributed by atoms with Gasteiger partial charge in [0.2, 0.25) is 5.91 Å². The summed E-state index contributed by atoms with van der Waals surface area (Å²) in [7, 11) is 0. The maximum atomic E-state index is 12.3. The minimum atomic E-state index is -2.20. The molecule has 1 amide bonds. The molecule has 0 saturated carbocycles. The number of allylic oxidation sites excluding steroid dienone is 1. The lowest BCUT2D eigenvalue weighted by Crippen LogP contribution is -2.55. The number of rotatable bonds is 5. The second-order valence-corrected chi connectivity index (χ2v) is 6.21. The maximum absolute atomic E-state index is 12.3. The molecule has 1 fully saturated rings. The van der Waals surface area contributed by atoms with Crippen molar-refractivity contribution in [1.82, 2.24) is 4.90 Å². The number of hydrogen-bond acceptors (Lipinski definition) is 4. The highest BCUT2D eigenvalue weighted by Crippen LogP contribution is 2.29. The van der Waals surface area contributed by atoms with Gasteiger partial charge in [-0.3, -0.25) is 9.69 Å². The van der Waals surface area contributed by atoms with Gasteiger partial charge >= 0.3 is 5.97 Å². The Hall–Kier alpha value is -1.99.